The molecule has 0 spiro atoms. The van der Waals surface area contributed by atoms with Crippen LogP contribution in [0.15, 0.2) is 27.1 Å². The van der Waals surface area contributed by atoms with Gasteiger partial charge in [-0.05, 0) is 35.0 Å². The highest BCUT2D eigenvalue weighted by Gasteiger charge is 2.08. The first-order chi connectivity index (χ1) is 8.58. The lowest BCUT2D eigenvalue weighted by atomic mass is 10.2. The highest BCUT2D eigenvalue weighted by Crippen LogP contribution is 2.29. The summed E-state index contributed by atoms with van der Waals surface area (Å²) in [6.45, 7) is 1.88. The molecule has 4 nitrogen and oxygen atoms in total. The summed E-state index contributed by atoms with van der Waals surface area (Å²) < 4.78 is 13.1. The standard InChI is InChI=1S/C11H9BrFN3OS/c1-6-5-18-11(15-6)16-14-4-7-2-3-8(13)9(12)10(7)17/h2-5,17H,1H3,(H,15,16). The summed E-state index contributed by atoms with van der Waals surface area (Å²) >= 11 is 4.38. The van der Waals surface area contributed by atoms with Crippen molar-refractivity contribution >= 4 is 38.6 Å². The van der Waals surface area contributed by atoms with E-state index < -0.39 is 5.82 Å². The van der Waals surface area contributed by atoms with Crippen LogP contribution in [0.3, 0.4) is 0 Å². The minimum Gasteiger partial charge on any atom is -0.506 e. The van der Waals surface area contributed by atoms with E-state index >= 15 is 0 Å². The molecular weight excluding hydrogens is 321 g/mol. The Bertz CT molecular complexity index is 600. The van der Waals surface area contributed by atoms with Gasteiger partial charge in [0.25, 0.3) is 0 Å². The van der Waals surface area contributed by atoms with Crippen molar-refractivity contribution in [2.75, 3.05) is 5.43 Å². The Balaban J connectivity index is 2.12. The summed E-state index contributed by atoms with van der Waals surface area (Å²) in [4.78, 5) is 4.16. The van der Waals surface area contributed by atoms with E-state index in [-0.39, 0.29) is 10.2 Å². The SMILES string of the molecule is Cc1csc(NN=Cc2ccc(F)c(Br)c2O)n1. The summed E-state index contributed by atoms with van der Waals surface area (Å²) in [5, 5.41) is 16.1. The van der Waals surface area contributed by atoms with Gasteiger partial charge in [-0.1, -0.05) is 0 Å². The quantitative estimate of drug-likeness (QED) is 0.669. The molecule has 0 saturated heterocycles. The number of hydrazone groups is 1. The molecule has 0 radical (unpaired) electrons. The van der Waals surface area contributed by atoms with Gasteiger partial charge < -0.3 is 5.11 Å². The number of phenols is 1. The maximum atomic E-state index is 13.1. The molecule has 0 aliphatic carbocycles. The number of phenolic OH excluding ortho intramolecular Hbond substituents is 1. The molecule has 18 heavy (non-hydrogen) atoms. The molecule has 2 N–H and O–H groups in total. The van der Waals surface area contributed by atoms with Crippen molar-refractivity contribution in [2.24, 2.45) is 5.10 Å². The monoisotopic (exact) mass is 329 g/mol. The molecule has 0 bridgehead atoms. The molecule has 1 aromatic carbocycles. The summed E-state index contributed by atoms with van der Waals surface area (Å²) in [7, 11) is 0. The first kappa shape index (κ1) is 13.0. The van der Waals surface area contributed by atoms with E-state index in [9.17, 15) is 9.50 Å². The number of hydrogen-bond donors (Lipinski definition) is 2. The Morgan fingerprint density at radius 1 is 1.56 bits per heavy atom. The van der Waals surface area contributed by atoms with Crippen molar-refractivity contribution in [1.29, 1.82) is 0 Å². The molecule has 7 heteroatoms. The van der Waals surface area contributed by atoms with Crippen LogP contribution in [-0.2, 0) is 0 Å². The van der Waals surface area contributed by atoms with Gasteiger partial charge in [0.15, 0.2) is 0 Å². The number of benzene rings is 1. The van der Waals surface area contributed by atoms with Gasteiger partial charge in [0.2, 0.25) is 5.13 Å². The minimum atomic E-state index is -0.520. The van der Waals surface area contributed by atoms with Gasteiger partial charge in [-0.25, -0.2) is 9.37 Å². The van der Waals surface area contributed by atoms with E-state index in [0.717, 1.165) is 5.69 Å². The van der Waals surface area contributed by atoms with E-state index in [1.54, 1.807) is 0 Å². The van der Waals surface area contributed by atoms with Crippen LogP contribution in [0.1, 0.15) is 11.3 Å². The Labute approximate surface area is 115 Å². The van der Waals surface area contributed by atoms with Crippen molar-refractivity contribution in [3.05, 3.63) is 39.1 Å². The molecule has 0 unspecified atom stereocenters. The normalized spacial score (nSPS) is 11.1. The second kappa shape index (κ2) is 5.45. The fraction of sp³-hybridized carbons (Fsp3) is 0.0909. The Hall–Kier alpha value is -1.47. The lowest BCUT2D eigenvalue weighted by Gasteiger charge is -2.02. The zero-order valence-corrected chi connectivity index (χ0v) is 11.7. The van der Waals surface area contributed by atoms with Crippen LogP contribution < -0.4 is 5.43 Å². The van der Waals surface area contributed by atoms with Gasteiger partial charge in [0.05, 0.1) is 16.4 Å². The van der Waals surface area contributed by atoms with Gasteiger partial charge in [-0.2, -0.15) is 5.10 Å². The highest BCUT2D eigenvalue weighted by atomic mass is 79.9. The van der Waals surface area contributed by atoms with E-state index in [0.29, 0.717) is 10.7 Å². The topological polar surface area (TPSA) is 57.5 Å². The maximum Gasteiger partial charge on any atom is 0.203 e. The summed E-state index contributed by atoms with van der Waals surface area (Å²) in [5.74, 6) is -0.705. The van der Waals surface area contributed by atoms with E-state index in [4.69, 9.17) is 0 Å². The van der Waals surface area contributed by atoms with Gasteiger partial charge in [0, 0.05) is 10.9 Å². The number of nitrogens with one attached hydrogen (secondary N) is 1. The number of aromatic nitrogens is 1. The van der Waals surface area contributed by atoms with E-state index in [1.165, 1.54) is 29.7 Å². The molecule has 2 aromatic rings. The van der Waals surface area contributed by atoms with Crippen LogP contribution in [0.25, 0.3) is 0 Å². The first-order valence-corrected chi connectivity index (χ1v) is 6.63. The molecule has 0 atom stereocenters. The van der Waals surface area contributed by atoms with Crippen LogP contribution in [0.2, 0.25) is 0 Å². The van der Waals surface area contributed by atoms with Crippen molar-refractivity contribution in [3.8, 4) is 5.75 Å². The smallest absolute Gasteiger partial charge is 0.203 e. The second-order valence-corrected chi connectivity index (χ2v) is 5.11. The number of thiazole rings is 1. The number of rotatable bonds is 3. The molecular formula is C11H9BrFN3OS. The zero-order chi connectivity index (χ0) is 13.1. The summed E-state index contributed by atoms with van der Waals surface area (Å²) in [6, 6.07) is 2.69. The Morgan fingerprint density at radius 3 is 3.00 bits per heavy atom. The van der Waals surface area contributed by atoms with Crippen LogP contribution in [-0.4, -0.2) is 16.3 Å². The predicted octanol–water partition coefficient (Wildman–Crippen LogP) is 3.50. The van der Waals surface area contributed by atoms with E-state index in [1.807, 2.05) is 12.3 Å². The Kier molecular flexibility index (Phi) is 3.93. The average molecular weight is 330 g/mol. The van der Waals surface area contributed by atoms with Gasteiger partial charge in [0.1, 0.15) is 11.6 Å². The van der Waals surface area contributed by atoms with Crippen LogP contribution in [0.4, 0.5) is 9.52 Å². The van der Waals surface area contributed by atoms with E-state index in [2.05, 4.69) is 31.4 Å². The fourth-order valence-corrected chi connectivity index (χ4v) is 2.22. The first-order valence-electron chi connectivity index (χ1n) is 4.96. The van der Waals surface area contributed by atoms with Gasteiger partial charge in [-0.3, -0.25) is 5.43 Å². The zero-order valence-electron chi connectivity index (χ0n) is 9.32. The number of aromatic hydroxyl groups is 1. The molecule has 0 aliphatic heterocycles. The highest BCUT2D eigenvalue weighted by molar-refractivity contribution is 9.10. The van der Waals surface area contributed by atoms with Crippen LogP contribution in [0, 0.1) is 12.7 Å². The fourth-order valence-electron chi connectivity index (χ4n) is 1.22. The third-order valence-electron chi connectivity index (χ3n) is 2.08. The minimum absolute atomic E-state index is 0.0246. The summed E-state index contributed by atoms with van der Waals surface area (Å²) in [6.07, 6.45) is 1.40. The molecule has 94 valence electrons. The van der Waals surface area contributed by atoms with Crippen LogP contribution >= 0.6 is 27.3 Å². The number of anilines is 1. The lowest BCUT2D eigenvalue weighted by Crippen LogP contribution is -1.92. The molecule has 0 amide bonds. The molecule has 0 saturated carbocycles. The second-order valence-electron chi connectivity index (χ2n) is 3.46. The number of aryl methyl sites for hydroxylation is 1. The van der Waals surface area contributed by atoms with Crippen molar-refractivity contribution in [2.45, 2.75) is 6.92 Å². The van der Waals surface area contributed by atoms with Crippen molar-refractivity contribution in [3.63, 3.8) is 0 Å². The molecule has 2 rings (SSSR count). The number of nitrogens with zero attached hydrogens (tertiary/aromatic N) is 2. The molecule has 1 aromatic heterocycles. The predicted molar refractivity (Wildman–Crippen MR) is 73.8 cm³/mol. The van der Waals surface area contributed by atoms with Gasteiger partial charge in [-0.15, -0.1) is 11.3 Å². The molecule has 0 fully saturated rings. The third kappa shape index (κ3) is 2.85. The van der Waals surface area contributed by atoms with Crippen molar-refractivity contribution in [1.82, 2.24) is 4.98 Å². The van der Waals surface area contributed by atoms with Crippen LogP contribution in [0.5, 0.6) is 5.75 Å². The molecule has 1 heterocycles. The average Bonchev–Trinajstić information content (AvgIpc) is 2.75. The lowest BCUT2D eigenvalue weighted by molar-refractivity contribution is 0.463. The number of halogens is 2. The molecule has 0 aliphatic rings. The Morgan fingerprint density at radius 2 is 2.33 bits per heavy atom. The van der Waals surface area contributed by atoms with Crippen molar-refractivity contribution < 1.29 is 9.50 Å². The maximum absolute atomic E-state index is 13.1. The number of hydrogen-bond acceptors (Lipinski definition) is 5. The third-order valence-corrected chi connectivity index (χ3v) is 3.70. The van der Waals surface area contributed by atoms with Gasteiger partial charge >= 0.3 is 0 Å². The summed E-state index contributed by atoms with van der Waals surface area (Å²) in [5.41, 5.74) is 4.05. The largest absolute Gasteiger partial charge is 0.506 e.